The number of hydrogen-bond acceptors (Lipinski definition) is 9. The van der Waals surface area contributed by atoms with Crippen LogP contribution in [-0.4, -0.2) is 21.9 Å². The number of hydrogen-bond donors (Lipinski definition) is 0. The summed E-state index contributed by atoms with van der Waals surface area (Å²) in [5.41, 5.74) is 9.63. The standard InChI is InChI=1S/C42H36N5O2.ClHO4/c1-4-44-37-27-30(29(3)48)23-25-35(37)46(32-15-8-6-9-16-32)40(44)21-14-22-41-45(5-2)38-28-31(42-43-34-19-12-13-20-39(34)49-42)24-26-36(38)47(41)33-17-10-7-11-18-33;2-1(3,4)5/h6-28H,4-5H2,1-3H3;(H,2,3,4,5)/q+1;/p-1. The van der Waals surface area contributed by atoms with E-state index in [0.29, 0.717) is 11.5 Å². The molecule has 1 aliphatic heterocycles. The summed E-state index contributed by atoms with van der Waals surface area (Å²) in [6, 6.07) is 41.1. The van der Waals surface area contributed by atoms with Gasteiger partial charge in [-0.15, -0.1) is 10.2 Å². The molecule has 0 atom stereocenters. The van der Waals surface area contributed by atoms with Crippen molar-refractivity contribution in [2.24, 2.45) is 0 Å². The lowest BCUT2D eigenvalue weighted by Gasteiger charge is -2.24. The molecule has 272 valence electrons. The van der Waals surface area contributed by atoms with Crippen LogP contribution in [0.3, 0.4) is 0 Å². The number of fused-ring (bicyclic) bond motifs is 3. The van der Waals surface area contributed by atoms with E-state index in [0.717, 1.165) is 75.2 Å². The van der Waals surface area contributed by atoms with Crippen molar-refractivity contribution in [1.29, 1.82) is 0 Å². The van der Waals surface area contributed by atoms with Crippen molar-refractivity contribution in [1.82, 2.24) is 9.55 Å². The number of nitrogens with zero attached hydrogens (tertiary/aromatic N) is 5. The van der Waals surface area contributed by atoms with Gasteiger partial charge in [0.1, 0.15) is 17.0 Å². The van der Waals surface area contributed by atoms with Gasteiger partial charge in [0.2, 0.25) is 5.89 Å². The summed E-state index contributed by atoms with van der Waals surface area (Å²) in [4.78, 5) is 21.7. The van der Waals surface area contributed by atoms with Crippen LogP contribution in [0.25, 0.3) is 45.4 Å². The Bertz CT molecular complexity index is 2480. The van der Waals surface area contributed by atoms with Crippen LogP contribution in [0.1, 0.15) is 37.0 Å². The van der Waals surface area contributed by atoms with Crippen LogP contribution in [0.4, 0.5) is 17.1 Å². The maximum absolute atomic E-state index is 12.4. The second-order valence-electron chi connectivity index (χ2n) is 12.4. The minimum atomic E-state index is -4.94. The number of allylic oxidation sites excluding steroid dienone is 2. The van der Waals surface area contributed by atoms with Crippen LogP contribution < -0.4 is 33.0 Å². The van der Waals surface area contributed by atoms with Crippen LogP contribution in [0.15, 0.2) is 144 Å². The molecule has 8 rings (SSSR count). The molecule has 54 heavy (non-hydrogen) atoms. The predicted octanol–water partition coefficient (Wildman–Crippen LogP) is 4.73. The number of ketones is 1. The zero-order chi connectivity index (χ0) is 38.0. The zero-order valence-electron chi connectivity index (χ0n) is 29.8. The molecular formula is C42H36ClN5O6. The number of halogens is 1. The summed E-state index contributed by atoms with van der Waals surface area (Å²) in [7, 11) is -4.94. The van der Waals surface area contributed by atoms with E-state index in [1.807, 2.05) is 48.5 Å². The van der Waals surface area contributed by atoms with Gasteiger partial charge in [0, 0.05) is 35.5 Å². The Balaban J connectivity index is 0.000000846. The molecule has 11 nitrogen and oxygen atoms in total. The highest BCUT2D eigenvalue weighted by Crippen LogP contribution is 2.46. The third-order valence-electron chi connectivity index (χ3n) is 9.12. The molecule has 0 aliphatic carbocycles. The van der Waals surface area contributed by atoms with E-state index < -0.39 is 10.2 Å². The molecule has 0 unspecified atom stereocenters. The summed E-state index contributed by atoms with van der Waals surface area (Å²) in [6.07, 6.45) is 6.48. The summed E-state index contributed by atoms with van der Waals surface area (Å²) >= 11 is 0. The quantitative estimate of drug-likeness (QED) is 0.159. The Kier molecular flexibility index (Phi) is 10.2. The van der Waals surface area contributed by atoms with E-state index in [9.17, 15) is 4.79 Å². The number of Topliss-reactive ketones (excluding diaryl/α,β-unsaturated/α-hetero) is 1. The average Bonchev–Trinajstić information content (AvgIpc) is 3.83. The minimum Gasteiger partial charge on any atom is -0.436 e. The van der Waals surface area contributed by atoms with Crippen molar-refractivity contribution >= 4 is 51.1 Å². The Hall–Kier alpha value is -6.08. The molecule has 2 aromatic heterocycles. The van der Waals surface area contributed by atoms with Gasteiger partial charge in [0.05, 0.1) is 17.9 Å². The van der Waals surface area contributed by atoms with E-state index in [2.05, 4.69) is 124 Å². The van der Waals surface area contributed by atoms with E-state index >= 15 is 0 Å². The number of aryl methyl sites for hydroxylation is 1. The maximum atomic E-state index is 12.4. The molecule has 0 fully saturated rings. The van der Waals surface area contributed by atoms with Gasteiger partial charge in [-0.25, -0.2) is 28.2 Å². The van der Waals surface area contributed by atoms with Crippen molar-refractivity contribution in [2.75, 3.05) is 16.3 Å². The van der Waals surface area contributed by atoms with E-state index in [1.54, 1.807) is 6.92 Å². The van der Waals surface area contributed by atoms with Crippen molar-refractivity contribution in [3.8, 4) is 17.1 Å². The number of oxazole rings is 1. The molecule has 0 saturated carbocycles. The lowest BCUT2D eigenvalue weighted by Crippen LogP contribution is -2.68. The fourth-order valence-corrected chi connectivity index (χ4v) is 6.85. The number of aromatic nitrogens is 3. The Morgan fingerprint density at radius 1 is 0.815 bits per heavy atom. The highest BCUT2D eigenvalue weighted by molar-refractivity contribution is 5.99. The molecule has 0 bridgehead atoms. The number of imidazole rings is 1. The SMILES string of the molecule is CCN1/C(=C/C=C/c2n(-c3ccccc3)c3ccc(-c4nc5ccccc5o4)cc3[n+]2CC)N(c2ccccc2)c2ccc(C(C)=O)cc21.[O-][Cl+3]([O-])([O-])[O-]. The third-order valence-corrected chi connectivity index (χ3v) is 9.12. The van der Waals surface area contributed by atoms with Gasteiger partial charge < -0.3 is 9.32 Å². The molecule has 5 aromatic carbocycles. The number of benzene rings is 5. The fraction of sp³-hybridized carbons (Fsp3) is 0.119. The van der Waals surface area contributed by atoms with Crippen molar-refractivity contribution in [3.05, 3.63) is 151 Å². The highest BCUT2D eigenvalue weighted by Gasteiger charge is 2.32. The molecule has 0 N–H and O–H groups in total. The van der Waals surface area contributed by atoms with Crippen molar-refractivity contribution < 1.29 is 42.7 Å². The van der Waals surface area contributed by atoms with Gasteiger partial charge in [-0.1, -0.05) is 54.6 Å². The summed E-state index contributed by atoms with van der Waals surface area (Å²) in [5, 5.41) is 0. The number of carbonyl (C=O) groups is 1. The van der Waals surface area contributed by atoms with Gasteiger partial charge in [-0.05, 0) is 93.6 Å². The summed E-state index contributed by atoms with van der Waals surface area (Å²) in [6.45, 7) is 7.44. The van der Waals surface area contributed by atoms with E-state index in [4.69, 9.17) is 28.0 Å². The first-order chi connectivity index (χ1) is 26.1. The molecule has 12 heteroatoms. The number of rotatable bonds is 8. The van der Waals surface area contributed by atoms with Crippen LogP contribution >= 0.6 is 0 Å². The highest BCUT2D eigenvalue weighted by atomic mass is 35.7. The second-order valence-corrected chi connectivity index (χ2v) is 13.2. The number of carbonyl (C=O) groups excluding carboxylic acids is 1. The minimum absolute atomic E-state index is 0.0551. The van der Waals surface area contributed by atoms with Gasteiger partial charge in [0.25, 0.3) is 5.82 Å². The fourth-order valence-electron chi connectivity index (χ4n) is 6.85. The molecular weight excluding hydrogens is 706 g/mol. The maximum Gasteiger partial charge on any atom is 0.287 e. The predicted molar refractivity (Wildman–Crippen MR) is 197 cm³/mol. The molecule has 0 amide bonds. The van der Waals surface area contributed by atoms with Gasteiger partial charge in [0.15, 0.2) is 22.4 Å². The van der Waals surface area contributed by atoms with Crippen LogP contribution in [0, 0.1) is 10.2 Å². The first kappa shape index (κ1) is 36.3. The Morgan fingerprint density at radius 3 is 2.13 bits per heavy atom. The molecule has 0 spiro atoms. The topological polar surface area (TPSA) is 151 Å². The summed E-state index contributed by atoms with van der Waals surface area (Å²) < 4.78 is 44.8. The lowest BCUT2D eigenvalue weighted by atomic mass is 10.1. The molecule has 7 aromatic rings. The second kappa shape index (κ2) is 15.1. The summed E-state index contributed by atoms with van der Waals surface area (Å²) in [5.74, 6) is 2.72. The molecule has 1 aliphatic rings. The smallest absolute Gasteiger partial charge is 0.287 e. The van der Waals surface area contributed by atoms with Crippen LogP contribution in [0.5, 0.6) is 0 Å². The Morgan fingerprint density at radius 2 is 1.48 bits per heavy atom. The number of anilines is 3. The average molecular weight is 742 g/mol. The van der Waals surface area contributed by atoms with Crippen molar-refractivity contribution in [3.63, 3.8) is 0 Å². The first-order valence-corrected chi connectivity index (χ1v) is 18.6. The zero-order valence-corrected chi connectivity index (χ0v) is 30.5. The normalized spacial score (nSPS) is 13.6. The molecule has 0 saturated heterocycles. The van der Waals surface area contributed by atoms with Gasteiger partial charge >= 0.3 is 0 Å². The van der Waals surface area contributed by atoms with E-state index in [-0.39, 0.29) is 5.78 Å². The molecule has 0 radical (unpaired) electrons. The van der Waals surface area contributed by atoms with Crippen LogP contribution in [-0.2, 0) is 6.54 Å². The first-order valence-electron chi connectivity index (χ1n) is 17.3. The largest absolute Gasteiger partial charge is 0.436 e. The monoisotopic (exact) mass is 741 g/mol. The van der Waals surface area contributed by atoms with E-state index in [1.165, 1.54) is 0 Å². The van der Waals surface area contributed by atoms with Crippen molar-refractivity contribution in [2.45, 2.75) is 27.3 Å². The van der Waals surface area contributed by atoms with Crippen LogP contribution in [0.2, 0.25) is 0 Å². The Labute approximate surface area is 313 Å². The van der Waals surface area contributed by atoms with Gasteiger partial charge in [-0.2, -0.15) is 4.57 Å². The lowest BCUT2D eigenvalue weighted by molar-refractivity contribution is -2.00. The third kappa shape index (κ3) is 7.27. The van der Waals surface area contributed by atoms with Gasteiger partial charge in [-0.3, -0.25) is 9.69 Å². The molecule has 3 heterocycles. The number of para-hydroxylation sites is 4.